The lowest BCUT2D eigenvalue weighted by molar-refractivity contribution is -0.140. The number of hydrogen-bond acceptors (Lipinski definition) is 2. The number of fused-ring (bicyclic) bond motifs is 1. The van der Waals surface area contributed by atoms with Crippen LogP contribution in [0.15, 0.2) is 54.6 Å². The molecule has 124 valence electrons. The van der Waals surface area contributed by atoms with E-state index in [0.717, 1.165) is 12.0 Å². The molecule has 0 spiro atoms. The highest BCUT2D eigenvalue weighted by Crippen LogP contribution is 2.44. The van der Waals surface area contributed by atoms with Gasteiger partial charge in [0, 0.05) is 11.6 Å². The fraction of sp³-hybridized carbons (Fsp3) is 0.300. The van der Waals surface area contributed by atoms with Crippen LogP contribution in [0.3, 0.4) is 0 Å². The van der Waals surface area contributed by atoms with Gasteiger partial charge in [-0.3, -0.25) is 9.59 Å². The highest BCUT2D eigenvalue weighted by atomic mass is 16.4. The quantitative estimate of drug-likeness (QED) is 0.930. The number of carboxylic acids is 1. The fourth-order valence-electron chi connectivity index (χ4n) is 3.50. The predicted molar refractivity (Wildman–Crippen MR) is 91.9 cm³/mol. The molecular weight excluding hydrogens is 302 g/mol. The van der Waals surface area contributed by atoms with Crippen LogP contribution >= 0.6 is 0 Å². The molecule has 4 nitrogen and oxygen atoms in total. The van der Waals surface area contributed by atoms with Gasteiger partial charge in [0.1, 0.15) is 5.92 Å². The second-order valence-corrected chi connectivity index (χ2v) is 6.23. The van der Waals surface area contributed by atoms with E-state index in [-0.39, 0.29) is 11.9 Å². The van der Waals surface area contributed by atoms with E-state index in [1.165, 1.54) is 0 Å². The van der Waals surface area contributed by atoms with E-state index in [4.69, 9.17) is 0 Å². The molecule has 0 saturated heterocycles. The second-order valence-electron chi connectivity index (χ2n) is 6.23. The number of carbonyl (C=O) groups is 2. The maximum atomic E-state index is 13.1. The van der Waals surface area contributed by atoms with Crippen LogP contribution in [0, 0.1) is 0 Å². The van der Waals surface area contributed by atoms with E-state index >= 15 is 0 Å². The van der Waals surface area contributed by atoms with Crippen LogP contribution < -0.4 is 0 Å². The Balaban J connectivity index is 2.24. The smallest absolute Gasteiger partial charge is 0.313 e. The largest absolute Gasteiger partial charge is 0.481 e. The van der Waals surface area contributed by atoms with E-state index in [1.54, 1.807) is 29.2 Å². The van der Waals surface area contributed by atoms with Crippen LogP contribution in [0.5, 0.6) is 0 Å². The number of nitrogens with zero attached hydrogens (tertiary/aromatic N) is 1. The highest BCUT2D eigenvalue weighted by Gasteiger charge is 2.45. The predicted octanol–water partition coefficient (Wildman–Crippen LogP) is 3.85. The summed E-state index contributed by atoms with van der Waals surface area (Å²) in [7, 11) is 0. The Morgan fingerprint density at radius 1 is 1.12 bits per heavy atom. The molecule has 0 saturated carbocycles. The lowest BCUT2D eigenvalue weighted by Gasteiger charge is -2.43. The minimum absolute atomic E-state index is 0.0436. The standard InChI is InChI=1S/C20H21NO3/c1-3-13(2)21-18(14-9-5-4-6-10-14)17(20(23)24)15-11-7-8-12-16(15)19(21)22/h4-13,17-18H,3H2,1-2H3,(H,23,24)/t13-,17-,18+/m1/s1. The van der Waals surface area contributed by atoms with Gasteiger partial charge in [-0.15, -0.1) is 0 Å². The summed E-state index contributed by atoms with van der Waals surface area (Å²) in [5, 5.41) is 9.94. The molecule has 0 bridgehead atoms. The van der Waals surface area contributed by atoms with Crippen molar-refractivity contribution in [3.63, 3.8) is 0 Å². The molecule has 1 amide bonds. The molecule has 1 N–H and O–H groups in total. The zero-order valence-corrected chi connectivity index (χ0v) is 13.8. The Labute approximate surface area is 141 Å². The summed E-state index contributed by atoms with van der Waals surface area (Å²) >= 11 is 0. The first-order chi connectivity index (χ1) is 11.6. The van der Waals surface area contributed by atoms with Gasteiger partial charge in [0.15, 0.2) is 0 Å². The summed E-state index contributed by atoms with van der Waals surface area (Å²) in [5.41, 5.74) is 1.95. The lowest BCUT2D eigenvalue weighted by atomic mass is 9.79. The lowest BCUT2D eigenvalue weighted by Crippen LogP contribution is -2.48. The molecule has 2 aromatic carbocycles. The van der Waals surface area contributed by atoms with Crippen LogP contribution in [0.2, 0.25) is 0 Å². The zero-order chi connectivity index (χ0) is 17.3. The van der Waals surface area contributed by atoms with Gasteiger partial charge in [0.2, 0.25) is 0 Å². The van der Waals surface area contributed by atoms with E-state index in [1.807, 2.05) is 44.2 Å². The van der Waals surface area contributed by atoms with Crippen molar-refractivity contribution in [2.45, 2.75) is 38.3 Å². The minimum atomic E-state index is -0.905. The normalized spacial score (nSPS) is 21.2. The van der Waals surface area contributed by atoms with Gasteiger partial charge in [0.05, 0.1) is 6.04 Å². The SMILES string of the molecule is CC[C@@H](C)N1C(=O)c2ccccc2[C@@H](C(=O)O)[C@@H]1c1ccccc1. The summed E-state index contributed by atoms with van der Waals surface area (Å²) in [4.78, 5) is 27.0. The molecule has 0 radical (unpaired) electrons. The van der Waals surface area contributed by atoms with Crippen molar-refractivity contribution in [3.8, 4) is 0 Å². The number of amides is 1. The van der Waals surface area contributed by atoms with Crippen LogP contribution in [-0.2, 0) is 4.79 Å². The summed E-state index contributed by atoms with van der Waals surface area (Å²) < 4.78 is 0. The van der Waals surface area contributed by atoms with Gasteiger partial charge in [-0.25, -0.2) is 0 Å². The number of rotatable bonds is 4. The van der Waals surface area contributed by atoms with Gasteiger partial charge in [-0.2, -0.15) is 0 Å². The van der Waals surface area contributed by atoms with Crippen LogP contribution in [-0.4, -0.2) is 27.9 Å². The third kappa shape index (κ3) is 2.58. The molecule has 0 unspecified atom stereocenters. The summed E-state index contributed by atoms with van der Waals surface area (Å²) in [6.45, 7) is 3.98. The molecule has 0 fully saturated rings. The van der Waals surface area contributed by atoms with Crippen molar-refractivity contribution in [2.24, 2.45) is 0 Å². The van der Waals surface area contributed by atoms with Gasteiger partial charge < -0.3 is 10.0 Å². The third-order valence-corrected chi connectivity index (χ3v) is 4.85. The molecule has 4 heteroatoms. The fourth-order valence-corrected chi connectivity index (χ4v) is 3.50. The second kappa shape index (κ2) is 6.48. The van der Waals surface area contributed by atoms with Gasteiger partial charge >= 0.3 is 5.97 Å². The first-order valence-electron chi connectivity index (χ1n) is 8.25. The Hall–Kier alpha value is -2.62. The maximum absolute atomic E-state index is 13.1. The molecular formula is C20H21NO3. The highest BCUT2D eigenvalue weighted by molar-refractivity contribution is 6.00. The molecule has 0 aliphatic carbocycles. The molecule has 2 aromatic rings. The molecule has 3 atom stereocenters. The van der Waals surface area contributed by atoms with Crippen molar-refractivity contribution in [3.05, 3.63) is 71.3 Å². The average molecular weight is 323 g/mol. The van der Waals surface area contributed by atoms with Gasteiger partial charge in [0.25, 0.3) is 5.91 Å². The first-order valence-corrected chi connectivity index (χ1v) is 8.25. The first kappa shape index (κ1) is 16.2. The van der Waals surface area contributed by atoms with E-state index < -0.39 is 17.9 Å². The molecule has 3 rings (SSSR count). The van der Waals surface area contributed by atoms with Gasteiger partial charge in [-0.1, -0.05) is 55.5 Å². The molecule has 1 aliphatic heterocycles. The molecule has 1 heterocycles. The molecule has 1 aliphatic rings. The number of carbonyl (C=O) groups excluding carboxylic acids is 1. The van der Waals surface area contributed by atoms with Crippen LogP contribution in [0.25, 0.3) is 0 Å². The van der Waals surface area contributed by atoms with Crippen molar-refractivity contribution < 1.29 is 14.7 Å². The Morgan fingerprint density at radius 2 is 1.75 bits per heavy atom. The average Bonchev–Trinajstić information content (AvgIpc) is 2.61. The third-order valence-electron chi connectivity index (χ3n) is 4.85. The van der Waals surface area contributed by atoms with Crippen molar-refractivity contribution in [1.82, 2.24) is 4.90 Å². The molecule has 24 heavy (non-hydrogen) atoms. The van der Waals surface area contributed by atoms with Crippen molar-refractivity contribution in [1.29, 1.82) is 0 Å². The number of aliphatic carboxylic acids is 1. The van der Waals surface area contributed by atoms with Gasteiger partial charge in [-0.05, 0) is 30.5 Å². The number of hydrogen-bond donors (Lipinski definition) is 1. The minimum Gasteiger partial charge on any atom is -0.481 e. The maximum Gasteiger partial charge on any atom is 0.313 e. The molecule has 0 aromatic heterocycles. The topological polar surface area (TPSA) is 57.6 Å². The monoisotopic (exact) mass is 323 g/mol. The Bertz CT molecular complexity index is 756. The van der Waals surface area contributed by atoms with Crippen LogP contribution in [0.1, 0.15) is 53.7 Å². The Morgan fingerprint density at radius 3 is 2.38 bits per heavy atom. The number of benzene rings is 2. The Kier molecular flexibility index (Phi) is 4.38. The van der Waals surface area contributed by atoms with E-state index in [9.17, 15) is 14.7 Å². The zero-order valence-electron chi connectivity index (χ0n) is 13.8. The summed E-state index contributed by atoms with van der Waals surface area (Å²) in [6.07, 6.45) is 0.767. The summed E-state index contributed by atoms with van der Waals surface area (Å²) in [5.74, 6) is -1.77. The van der Waals surface area contributed by atoms with Crippen LogP contribution in [0.4, 0.5) is 0 Å². The summed E-state index contributed by atoms with van der Waals surface area (Å²) in [6, 6.07) is 16.0. The van der Waals surface area contributed by atoms with E-state index in [0.29, 0.717) is 11.1 Å². The number of carboxylic acid groups (broad SMARTS) is 1. The van der Waals surface area contributed by atoms with E-state index in [2.05, 4.69) is 0 Å². The van der Waals surface area contributed by atoms with Crippen molar-refractivity contribution in [2.75, 3.05) is 0 Å². The van der Waals surface area contributed by atoms with Crippen molar-refractivity contribution >= 4 is 11.9 Å².